The van der Waals surface area contributed by atoms with Gasteiger partial charge in [-0.1, -0.05) is 105 Å². The summed E-state index contributed by atoms with van der Waals surface area (Å²) >= 11 is 0. The largest absolute Gasteiger partial charge is 0.444 e. The van der Waals surface area contributed by atoms with Crippen LogP contribution in [0.1, 0.15) is 57.7 Å². The zero-order valence-corrected chi connectivity index (χ0v) is 28.5. The second-order valence-electron chi connectivity index (χ2n) is 13.5. The Morgan fingerprint density at radius 2 is 1.19 bits per heavy atom. The van der Waals surface area contributed by atoms with Gasteiger partial charge in [0.25, 0.3) is 0 Å². The third kappa shape index (κ3) is 12.8. The predicted octanol–water partition coefficient (Wildman–Crippen LogP) is 4.09. The van der Waals surface area contributed by atoms with Crippen LogP contribution in [0.25, 0.3) is 0 Å². The van der Waals surface area contributed by atoms with Crippen molar-refractivity contribution < 1.29 is 29.0 Å². The van der Waals surface area contributed by atoms with E-state index in [4.69, 9.17) is 10.5 Å². The van der Waals surface area contributed by atoms with Crippen molar-refractivity contribution in [3.8, 4) is 0 Å². The van der Waals surface area contributed by atoms with Crippen LogP contribution >= 0.6 is 0 Å². The topological polar surface area (TPSA) is 160 Å². The van der Waals surface area contributed by atoms with Crippen LogP contribution in [0.3, 0.4) is 0 Å². The number of nitrogens with one attached hydrogen (secondary N) is 3. The molecule has 48 heavy (non-hydrogen) atoms. The van der Waals surface area contributed by atoms with Crippen molar-refractivity contribution in [1.82, 2.24) is 16.0 Å². The highest BCUT2D eigenvalue weighted by Gasteiger charge is 2.34. The van der Waals surface area contributed by atoms with Crippen LogP contribution in [0.2, 0.25) is 0 Å². The lowest BCUT2D eigenvalue weighted by atomic mass is 9.88. The zero-order chi connectivity index (χ0) is 35.3. The number of ether oxygens (including phenoxy) is 1. The maximum atomic E-state index is 14.0. The summed E-state index contributed by atoms with van der Waals surface area (Å²) in [4.78, 5) is 52.6. The molecular formula is C38H50N4O6. The van der Waals surface area contributed by atoms with E-state index >= 15 is 0 Å². The second-order valence-corrected chi connectivity index (χ2v) is 13.5. The molecule has 0 spiro atoms. The first kappa shape index (κ1) is 37.8. The molecule has 10 heteroatoms. The molecule has 5 atom stereocenters. The first-order chi connectivity index (χ1) is 22.7. The molecule has 0 aliphatic carbocycles. The van der Waals surface area contributed by atoms with Crippen LogP contribution in [0.4, 0.5) is 4.79 Å². The Labute approximate surface area is 283 Å². The monoisotopic (exact) mass is 658 g/mol. The van der Waals surface area contributed by atoms with Gasteiger partial charge in [0.05, 0.1) is 12.1 Å². The number of carbonyl (C=O) groups excluding carboxylic acids is 4. The number of hydrogen-bond donors (Lipinski definition) is 5. The van der Waals surface area contributed by atoms with Crippen molar-refractivity contribution in [2.45, 2.75) is 90.1 Å². The van der Waals surface area contributed by atoms with Gasteiger partial charge in [-0.15, -0.1) is 0 Å². The van der Waals surface area contributed by atoms with Crippen molar-refractivity contribution >= 4 is 23.8 Å². The summed E-state index contributed by atoms with van der Waals surface area (Å²) < 4.78 is 5.48. The SMILES string of the molecule is CC(C)[C@H](NC(=O)[C@H](Cc1ccccc1)C[C@H](O)[C@H](Cc1ccccc1)NC(=O)OC(C)(C)C)C(=O)N[C@@H](Cc1ccccc1)C(N)=O. The molecule has 0 saturated carbocycles. The molecule has 0 unspecified atom stereocenters. The van der Waals surface area contributed by atoms with Crippen molar-refractivity contribution in [2.24, 2.45) is 17.6 Å². The molecule has 0 aliphatic heterocycles. The van der Waals surface area contributed by atoms with Crippen LogP contribution in [0, 0.1) is 11.8 Å². The smallest absolute Gasteiger partial charge is 0.407 e. The highest BCUT2D eigenvalue weighted by atomic mass is 16.6. The van der Waals surface area contributed by atoms with Gasteiger partial charge in [0.15, 0.2) is 0 Å². The van der Waals surface area contributed by atoms with E-state index in [0.29, 0.717) is 6.42 Å². The van der Waals surface area contributed by atoms with E-state index in [1.54, 1.807) is 34.6 Å². The molecule has 4 amide bonds. The fourth-order valence-electron chi connectivity index (χ4n) is 5.39. The number of carbonyl (C=O) groups is 4. The number of benzene rings is 3. The molecule has 0 fully saturated rings. The van der Waals surface area contributed by atoms with Gasteiger partial charge in [-0.2, -0.15) is 0 Å². The maximum Gasteiger partial charge on any atom is 0.407 e. The molecule has 3 rings (SSSR count). The molecular weight excluding hydrogens is 608 g/mol. The van der Waals surface area contributed by atoms with E-state index in [9.17, 15) is 24.3 Å². The third-order valence-corrected chi connectivity index (χ3v) is 7.88. The van der Waals surface area contributed by atoms with E-state index in [2.05, 4.69) is 16.0 Å². The third-order valence-electron chi connectivity index (χ3n) is 7.88. The van der Waals surface area contributed by atoms with E-state index < -0.39 is 59.6 Å². The Hall–Kier alpha value is -4.70. The lowest BCUT2D eigenvalue weighted by molar-refractivity contribution is -0.134. The number of hydrogen-bond acceptors (Lipinski definition) is 6. The fourth-order valence-corrected chi connectivity index (χ4v) is 5.39. The summed E-state index contributed by atoms with van der Waals surface area (Å²) in [6.45, 7) is 8.85. The van der Waals surface area contributed by atoms with Gasteiger partial charge >= 0.3 is 6.09 Å². The first-order valence-corrected chi connectivity index (χ1v) is 16.4. The van der Waals surface area contributed by atoms with Gasteiger partial charge < -0.3 is 31.5 Å². The molecule has 0 radical (unpaired) electrons. The van der Waals surface area contributed by atoms with E-state index in [1.807, 2.05) is 91.0 Å². The van der Waals surface area contributed by atoms with E-state index in [1.165, 1.54) is 0 Å². The quantitative estimate of drug-likeness (QED) is 0.156. The number of rotatable bonds is 16. The van der Waals surface area contributed by atoms with Gasteiger partial charge in [0.1, 0.15) is 17.7 Å². The Morgan fingerprint density at radius 1 is 0.708 bits per heavy atom. The number of aliphatic hydroxyl groups is 1. The fraction of sp³-hybridized carbons (Fsp3) is 0.421. The van der Waals surface area contributed by atoms with Gasteiger partial charge in [0.2, 0.25) is 17.7 Å². The lowest BCUT2D eigenvalue weighted by Gasteiger charge is -2.30. The minimum absolute atomic E-state index is 0.0155. The highest BCUT2D eigenvalue weighted by Crippen LogP contribution is 2.20. The van der Waals surface area contributed by atoms with E-state index in [0.717, 1.165) is 16.7 Å². The van der Waals surface area contributed by atoms with Gasteiger partial charge in [-0.05, 0) is 62.6 Å². The Kier molecular flexibility index (Phi) is 14.2. The van der Waals surface area contributed by atoms with Crippen LogP contribution < -0.4 is 21.7 Å². The molecule has 0 heterocycles. The van der Waals surface area contributed by atoms with Crippen LogP contribution in [0.15, 0.2) is 91.0 Å². The molecule has 10 nitrogen and oxygen atoms in total. The zero-order valence-electron chi connectivity index (χ0n) is 28.5. The van der Waals surface area contributed by atoms with Crippen LogP contribution in [-0.2, 0) is 38.4 Å². The van der Waals surface area contributed by atoms with Crippen molar-refractivity contribution in [3.05, 3.63) is 108 Å². The average molecular weight is 659 g/mol. The number of alkyl carbamates (subject to hydrolysis) is 1. The highest BCUT2D eigenvalue weighted by molar-refractivity contribution is 5.92. The second kappa shape index (κ2) is 18.0. The summed E-state index contributed by atoms with van der Waals surface area (Å²) in [5.74, 6) is -2.77. The Balaban J connectivity index is 1.83. The summed E-state index contributed by atoms with van der Waals surface area (Å²) in [7, 11) is 0. The van der Waals surface area contributed by atoms with Gasteiger partial charge in [-0.25, -0.2) is 4.79 Å². The lowest BCUT2D eigenvalue weighted by Crippen LogP contribution is -2.56. The van der Waals surface area contributed by atoms with Crippen molar-refractivity contribution in [2.75, 3.05) is 0 Å². The maximum absolute atomic E-state index is 14.0. The van der Waals surface area contributed by atoms with Crippen LogP contribution in [0.5, 0.6) is 0 Å². The molecule has 3 aromatic rings. The summed E-state index contributed by atoms with van der Waals surface area (Å²) in [5.41, 5.74) is 7.48. The number of primary amides is 1. The van der Waals surface area contributed by atoms with E-state index in [-0.39, 0.29) is 25.2 Å². The Bertz CT molecular complexity index is 1460. The normalized spacial score (nSPS) is 14.6. The van der Waals surface area contributed by atoms with Gasteiger partial charge in [-0.3, -0.25) is 14.4 Å². The molecule has 0 aliphatic rings. The number of amides is 4. The standard InChI is InChI=1S/C38H50N4O6/c1-25(2)33(36(46)40-31(34(39)44)23-28-19-13-8-14-20-28)42-35(45)29(21-26-15-9-6-10-16-26)24-32(43)30(22-27-17-11-7-12-18-27)41-37(47)48-38(3,4)5/h6-20,25,29-33,43H,21-24H2,1-5H3,(H2,39,44)(H,40,46)(H,41,47)(H,42,45)/t29-,30+,31+,32+,33+/m1/s1. The average Bonchev–Trinajstić information content (AvgIpc) is 3.02. The van der Waals surface area contributed by atoms with Gasteiger partial charge in [0, 0.05) is 12.3 Å². The van der Waals surface area contributed by atoms with Crippen molar-refractivity contribution in [3.63, 3.8) is 0 Å². The van der Waals surface area contributed by atoms with Crippen molar-refractivity contribution in [1.29, 1.82) is 0 Å². The summed E-state index contributed by atoms with van der Waals surface area (Å²) in [6, 6.07) is 25.3. The summed E-state index contributed by atoms with van der Waals surface area (Å²) in [5, 5.41) is 20.0. The minimum Gasteiger partial charge on any atom is -0.444 e. The molecule has 0 aromatic heterocycles. The minimum atomic E-state index is -1.14. The summed E-state index contributed by atoms with van der Waals surface area (Å²) in [6.07, 6.45) is -1.06. The molecule has 0 bridgehead atoms. The molecule has 258 valence electrons. The molecule has 3 aromatic carbocycles. The Morgan fingerprint density at radius 3 is 1.65 bits per heavy atom. The van der Waals surface area contributed by atoms with Crippen LogP contribution in [-0.4, -0.2) is 58.8 Å². The number of aliphatic hydroxyl groups excluding tert-OH is 1. The first-order valence-electron chi connectivity index (χ1n) is 16.4. The number of nitrogens with two attached hydrogens (primary N) is 1. The predicted molar refractivity (Wildman–Crippen MR) is 186 cm³/mol. The molecule has 6 N–H and O–H groups in total. The molecule has 0 saturated heterocycles.